The van der Waals surface area contributed by atoms with Crippen molar-refractivity contribution in [1.82, 2.24) is 0 Å². The minimum absolute atomic E-state index is 0.152. The average Bonchev–Trinajstić information content (AvgIpc) is 3.26. The molecule has 0 amide bonds. The fourth-order valence-electron chi connectivity index (χ4n) is 4.53. The van der Waals surface area contributed by atoms with E-state index in [1.54, 1.807) is 7.11 Å². The number of fused-ring (bicyclic) bond motifs is 1. The first-order valence-corrected chi connectivity index (χ1v) is 9.63. The summed E-state index contributed by atoms with van der Waals surface area (Å²) in [5.74, 6) is 1.07. The molecule has 0 saturated carbocycles. The lowest BCUT2D eigenvalue weighted by Crippen LogP contribution is -2.36. The van der Waals surface area contributed by atoms with Crippen LogP contribution in [0, 0.1) is 23.2 Å². The smallest absolute Gasteiger partial charge is 0.161 e. The van der Waals surface area contributed by atoms with Crippen molar-refractivity contribution >= 4 is 0 Å². The standard InChI is InChI=1S/C23H25NO3/c1-25-18-8-10-19-17(14-18)7-9-20(22(19)15-24)21(23-26-11-12-27-23)13-16-5-3-2-4-6-16/h2-6,8,10,14,20-23H,7,9,11-13H2,1H3. The van der Waals surface area contributed by atoms with Crippen LogP contribution in [-0.2, 0) is 22.3 Å². The van der Waals surface area contributed by atoms with Crippen molar-refractivity contribution in [2.45, 2.75) is 31.5 Å². The number of nitrogens with zero attached hydrogens (tertiary/aromatic N) is 1. The molecule has 1 heterocycles. The Morgan fingerprint density at radius 3 is 2.63 bits per heavy atom. The van der Waals surface area contributed by atoms with Crippen molar-refractivity contribution in [2.75, 3.05) is 20.3 Å². The van der Waals surface area contributed by atoms with E-state index in [1.165, 1.54) is 11.1 Å². The fraction of sp³-hybridized carbons (Fsp3) is 0.435. The van der Waals surface area contributed by atoms with Crippen LogP contribution in [0.5, 0.6) is 5.75 Å². The van der Waals surface area contributed by atoms with Crippen LogP contribution in [0.3, 0.4) is 0 Å². The Bertz CT molecular complexity index is 808. The minimum atomic E-state index is -0.231. The highest BCUT2D eigenvalue weighted by Gasteiger charge is 2.41. The molecule has 27 heavy (non-hydrogen) atoms. The summed E-state index contributed by atoms with van der Waals surface area (Å²) in [4.78, 5) is 0. The van der Waals surface area contributed by atoms with Crippen molar-refractivity contribution < 1.29 is 14.2 Å². The van der Waals surface area contributed by atoms with Crippen LogP contribution in [0.15, 0.2) is 48.5 Å². The molecule has 2 aliphatic rings. The third-order valence-electron chi connectivity index (χ3n) is 5.86. The van der Waals surface area contributed by atoms with Crippen LogP contribution in [0.4, 0.5) is 0 Å². The average molecular weight is 363 g/mol. The summed E-state index contributed by atoms with van der Waals surface area (Å²) < 4.78 is 17.2. The summed E-state index contributed by atoms with van der Waals surface area (Å²) in [7, 11) is 1.68. The highest BCUT2D eigenvalue weighted by Crippen LogP contribution is 2.44. The van der Waals surface area contributed by atoms with Gasteiger partial charge in [-0.05, 0) is 54.0 Å². The van der Waals surface area contributed by atoms with Crippen molar-refractivity contribution in [3.63, 3.8) is 0 Å². The lowest BCUT2D eigenvalue weighted by atomic mass is 9.68. The maximum Gasteiger partial charge on any atom is 0.161 e. The molecule has 0 bridgehead atoms. The molecule has 3 atom stereocenters. The Morgan fingerprint density at radius 2 is 1.93 bits per heavy atom. The molecule has 1 aliphatic carbocycles. The van der Waals surface area contributed by atoms with E-state index < -0.39 is 0 Å². The molecule has 1 aliphatic heterocycles. The molecule has 0 N–H and O–H groups in total. The maximum absolute atomic E-state index is 10.0. The number of methoxy groups -OCH3 is 1. The largest absolute Gasteiger partial charge is 0.497 e. The number of hydrogen-bond acceptors (Lipinski definition) is 4. The zero-order valence-corrected chi connectivity index (χ0v) is 15.6. The summed E-state index contributed by atoms with van der Waals surface area (Å²) in [5, 5.41) is 10.0. The van der Waals surface area contributed by atoms with Gasteiger partial charge in [-0.3, -0.25) is 0 Å². The fourth-order valence-corrected chi connectivity index (χ4v) is 4.53. The normalized spacial score (nSPS) is 23.4. The van der Waals surface area contributed by atoms with E-state index in [1.807, 2.05) is 12.1 Å². The molecule has 4 rings (SSSR count). The van der Waals surface area contributed by atoms with Gasteiger partial charge in [-0.2, -0.15) is 5.26 Å². The Hall–Kier alpha value is -2.35. The van der Waals surface area contributed by atoms with Gasteiger partial charge in [0.25, 0.3) is 0 Å². The highest BCUT2D eigenvalue weighted by atomic mass is 16.7. The number of rotatable bonds is 5. The summed E-state index contributed by atoms with van der Waals surface area (Å²) >= 11 is 0. The van der Waals surface area contributed by atoms with Gasteiger partial charge in [0.15, 0.2) is 6.29 Å². The Balaban J connectivity index is 1.65. The lowest BCUT2D eigenvalue weighted by Gasteiger charge is -2.37. The first-order chi connectivity index (χ1) is 13.3. The second-order valence-electron chi connectivity index (χ2n) is 7.34. The molecule has 0 spiro atoms. The summed E-state index contributed by atoms with van der Waals surface area (Å²) in [6.07, 6.45) is 2.54. The summed E-state index contributed by atoms with van der Waals surface area (Å²) in [6, 6.07) is 19.1. The molecule has 0 aromatic heterocycles. The number of aryl methyl sites for hydroxylation is 1. The van der Waals surface area contributed by atoms with Crippen molar-refractivity contribution in [3.05, 3.63) is 65.2 Å². The number of ether oxygens (including phenoxy) is 3. The zero-order valence-electron chi connectivity index (χ0n) is 15.6. The zero-order chi connectivity index (χ0) is 18.6. The van der Waals surface area contributed by atoms with Crippen molar-refractivity contribution in [1.29, 1.82) is 5.26 Å². The summed E-state index contributed by atoms with van der Waals surface area (Å²) in [5.41, 5.74) is 3.62. The van der Waals surface area contributed by atoms with Crippen LogP contribution in [0.1, 0.15) is 29.0 Å². The highest BCUT2D eigenvalue weighted by molar-refractivity contribution is 5.42. The Morgan fingerprint density at radius 1 is 1.15 bits per heavy atom. The summed E-state index contributed by atoms with van der Waals surface area (Å²) in [6.45, 7) is 1.27. The van der Waals surface area contributed by atoms with E-state index in [2.05, 4.69) is 42.5 Å². The van der Waals surface area contributed by atoms with E-state index >= 15 is 0 Å². The van der Waals surface area contributed by atoms with E-state index in [9.17, 15) is 5.26 Å². The van der Waals surface area contributed by atoms with Crippen LogP contribution in [0.25, 0.3) is 0 Å². The molecular weight excluding hydrogens is 338 g/mol. The molecule has 4 nitrogen and oxygen atoms in total. The Kier molecular flexibility index (Phi) is 5.42. The van der Waals surface area contributed by atoms with E-state index in [0.717, 1.165) is 30.6 Å². The van der Waals surface area contributed by atoms with Gasteiger partial charge in [0.2, 0.25) is 0 Å². The number of nitriles is 1. The van der Waals surface area contributed by atoms with Gasteiger partial charge in [-0.25, -0.2) is 0 Å². The topological polar surface area (TPSA) is 51.5 Å². The molecule has 2 aromatic carbocycles. The quantitative estimate of drug-likeness (QED) is 0.803. The Labute approximate surface area is 160 Å². The lowest BCUT2D eigenvalue weighted by molar-refractivity contribution is -0.102. The minimum Gasteiger partial charge on any atom is -0.497 e. The molecule has 4 heteroatoms. The predicted octanol–water partition coefficient (Wildman–Crippen LogP) is 4.10. The van der Waals surface area contributed by atoms with Crippen LogP contribution < -0.4 is 4.74 Å². The van der Waals surface area contributed by atoms with Gasteiger partial charge in [-0.1, -0.05) is 36.4 Å². The number of hydrogen-bond donors (Lipinski definition) is 0. The molecule has 3 unspecified atom stereocenters. The molecule has 1 saturated heterocycles. The van der Waals surface area contributed by atoms with Gasteiger partial charge >= 0.3 is 0 Å². The molecule has 140 valence electrons. The van der Waals surface area contributed by atoms with Gasteiger partial charge in [0.05, 0.1) is 32.3 Å². The van der Waals surface area contributed by atoms with Crippen molar-refractivity contribution in [3.8, 4) is 11.8 Å². The second-order valence-corrected chi connectivity index (χ2v) is 7.34. The number of benzene rings is 2. The monoisotopic (exact) mass is 363 g/mol. The SMILES string of the molecule is COc1ccc2c(c1)CCC(C(Cc1ccccc1)C1OCCO1)C2C#N. The van der Waals surface area contributed by atoms with Gasteiger partial charge in [0.1, 0.15) is 5.75 Å². The van der Waals surface area contributed by atoms with Gasteiger partial charge in [-0.15, -0.1) is 0 Å². The van der Waals surface area contributed by atoms with E-state index in [0.29, 0.717) is 13.2 Å². The second kappa shape index (κ2) is 8.12. The first kappa shape index (κ1) is 18.0. The van der Waals surface area contributed by atoms with Crippen LogP contribution in [-0.4, -0.2) is 26.6 Å². The van der Waals surface area contributed by atoms with E-state index in [-0.39, 0.29) is 24.0 Å². The van der Waals surface area contributed by atoms with E-state index in [4.69, 9.17) is 14.2 Å². The van der Waals surface area contributed by atoms with Gasteiger partial charge in [0, 0.05) is 5.92 Å². The molecule has 0 radical (unpaired) electrons. The van der Waals surface area contributed by atoms with Crippen molar-refractivity contribution in [2.24, 2.45) is 11.8 Å². The van der Waals surface area contributed by atoms with Gasteiger partial charge < -0.3 is 14.2 Å². The first-order valence-electron chi connectivity index (χ1n) is 9.63. The predicted molar refractivity (Wildman–Crippen MR) is 102 cm³/mol. The third kappa shape index (κ3) is 3.71. The third-order valence-corrected chi connectivity index (χ3v) is 5.86. The molecule has 1 fully saturated rings. The molecule has 2 aromatic rings. The maximum atomic E-state index is 10.0. The van der Waals surface area contributed by atoms with Crippen LogP contribution in [0.2, 0.25) is 0 Å². The van der Waals surface area contributed by atoms with Crippen LogP contribution >= 0.6 is 0 Å². The molecular formula is C23H25NO3.